The maximum absolute atomic E-state index is 10.8. The van der Waals surface area contributed by atoms with E-state index in [9.17, 15) is 14.9 Å². The second-order valence-corrected chi connectivity index (χ2v) is 5.16. The summed E-state index contributed by atoms with van der Waals surface area (Å²) in [6, 6.07) is 6.42. The normalized spacial score (nSPS) is 10.2. The zero-order valence-corrected chi connectivity index (χ0v) is 11.4. The molecular weight excluding hydrogens is 280 g/mol. The van der Waals surface area contributed by atoms with E-state index in [1.165, 1.54) is 17.4 Å². The van der Waals surface area contributed by atoms with Gasteiger partial charge in [0.05, 0.1) is 10.5 Å². The van der Waals surface area contributed by atoms with Crippen molar-refractivity contribution in [2.45, 2.75) is 13.5 Å². The highest BCUT2D eigenvalue weighted by molar-refractivity contribution is 7.10. The molecule has 1 heterocycles. The molecule has 0 aliphatic rings. The molecule has 0 fully saturated rings. The molecule has 0 aliphatic carbocycles. The molecule has 104 valence electrons. The first-order valence-electron chi connectivity index (χ1n) is 5.77. The second kappa shape index (κ2) is 5.70. The summed E-state index contributed by atoms with van der Waals surface area (Å²) in [5.41, 5.74) is 1.55. The molecule has 1 aromatic heterocycles. The maximum Gasteiger partial charge on any atom is 0.336 e. The smallest absolute Gasteiger partial charge is 0.336 e. The number of nitrogens with one attached hydrogen (secondary N) is 1. The molecule has 0 radical (unpaired) electrons. The Labute approximate surface area is 118 Å². The van der Waals surface area contributed by atoms with Gasteiger partial charge >= 0.3 is 5.97 Å². The van der Waals surface area contributed by atoms with Crippen LogP contribution in [0.4, 0.5) is 11.4 Å². The molecular formula is C13H12N2O4S. The second-order valence-electron chi connectivity index (χ2n) is 4.17. The first kappa shape index (κ1) is 14.0. The summed E-state index contributed by atoms with van der Waals surface area (Å²) >= 11 is 1.34. The average molecular weight is 292 g/mol. The number of carboxylic acid groups (broad SMARTS) is 1. The fraction of sp³-hybridized carbons (Fsp3) is 0.154. The van der Waals surface area contributed by atoms with Crippen LogP contribution in [0.5, 0.6) is 0 Å². The largest absolute Gasteiger partial charge is 0.478 e. The molecule has 2 aromatic rings. The number of nitrogens with zero attached hydrogens (tertiary/aromatic N) is 1. The van der Waals surface area contributed by atoms with Gasteiger partial charge in [-0.15, -0.1) is 11.3 Å². The van der Waals surface area contributed by atoms with Crippen molar-refractivity contribution < 1.29 is 14.8 Å². The summed E-state index contributed by atoms with van der Waals surface area (Å²) in [4.78, 5) is 22.0. The fourth-order valence-electron chi connectivity index (χ4n) is 1.78. The summed E-state index contributed by atoms with van der Waals surface area (Å²) in [7, 11) is 0. The van der Waals surface area contributed by atoms with Crippen molar-refractivity contribution in [3.05, 3.63) is 55.8 Å². The molecule has 7 heteroatoms. The maximum atomic E-state index is 10.8. The molecule has 0 spiro atoms. The average Bonchev–Trinajstić information content (AvgIpc) is 2.86. The van der Waals surface area contributed by atoms with Crippen LogP contribution in [0.1, 0.15) is 20.8 Å². The quantitative estimate of drug-likeness (QED) is 0.651. The van der Waals surface area contributed by atoms with Gasteiger partial charge in [0.1, 0.15) is 0 Å². The van der Waals surface area contributed by atoms with Crippen LogP contribution in [0.25, 0.3) is 0 Å². The molecule has 6 nitrogen and oxygen atoms in total. The van der Waals surface area contributed by atoms with Crippen LogP contribution >= 0.6 is 11.3 Å². The third kappa shape index (κ3) is 2.94. The van der Waals surface area contributed by atoms with Gasteiger partial charge in [-0.3, -0.25) is 10.1 Å². The van der Waals surface area contributed by atoms with Gasteiger partial charge in [-0.25, -0.2) is 4.79 Å². The molecule has 0 unspecified atom stereocenters. The van der Waals surface area contributed by atoms with Crippen LogP contribution in [0.3, 0.4) is 0 Å². The van der Waals surface area contributed by atoms with Crippen molar-refractivity contribution in [1.82, 2.24) is 0 Å². The minimum absolute atomic E-state index is 0.0624. The van der Waals surface area contributed by atoms with Gasteiger partial charge in [0, 0.05) is 34.1 Å². The lowest BCUT2D eigenvalue weighted by molar-refractivity contribution is -0.385. The summed E-state index contributed by atoms with van der Waals surface area (Å²) in [5, 5.41) is 24.3. The predicted molar refractivity (Wildman–Crippen MR) is 76.4 cm³/mol. The Balaban J connectivity index is 2.12. The van der Waals surface area contributed by atoms with Crippen LogP contribution < -0.4 is 5.32 Å². The molecule has 20 heavy (non-hydrogen) atoms. The van der Waals surface area contributed by atoms with Gasteiger partial charge in [0.15, 0.2) is 0 Å². The number of nitro groups is 1. The Morgan fingerprint density at radius 2 is 2.25 bits per heavy atom. The molecule has 0 bridgehead atoms. The van der Waals surface area contributed by atoms with E-state index in [0.29, 0.717) is 17.8 Å². The summed E-state index contributed by atoms with van der Waals surface area (Å²) in [6.45, 7) is 2.11. The molecule has 2 N–H and O–H groups in total. The molecule has 2 rings (SSSR count). The summed E-state index contributed by atoms with van der Waals surface area (Å²) in [6.07, 6.45) is 0. The highest BCUT2D eigenvalue weighted by Crippen LogP contribution is 2.26. The van der Waals surface area contributed by atoms with Gasteiger partial charge in [0.2, 0.25) is 0 Å². The standard InChI is InChI=1S/C13H12N2O4S/c1-8-11(3-2-4-12(8)15(18)19)14-6-10-5-9(7-20-10)13(16)17/h2-5,7,14H,6H2,1H3,(H,16,17). The van der Waals surface area contributed by atoms with E-state index in [0.717, 1.165) is 4.88 Å². The third-order valence-corrected chi connectivity index (χ3v) is 3.79. The molecule has 0 atom stereocenters. The SMILES string of the molecule is Cc1c(NCc2cc(C(=O)O)cs2)cccc1[N+](=O)[O-]. The first-order chi connectivity index (χ1) is 9.49. The van der Waals surface area contributed by atoms with Crippen molar-refractivity contribution in [3.63, 3.8) is 0 Å². The summed E-state index contributed by atoms with van der Waals surface area (Å²) in [5.74, 6) is -0.959. The topological polar surface area (TPSA) is 92.5 Å². The minimum Gasteiger partial charge on any atom is -0.478 e. The zero-order chi connectivity index (χ0) is 14.7. The van der Waals surface area contributed by atoms with Gasteiger partial charge in [-0.05, 0) is 19.1 Å². The lowest BCUT2D eigenvalue weighted by Gasteiger charge is -2.08. The van der Waals surface area contributed by atoms with Crippen LogP contribution in [-0.2, 0) is 6.54 Å². The first-order valence-corrected chi connectivity index (χ1v) is 6.65. The lowest BCUT2D eigenvalue weighted by atomic mass is 10.1. The molecule has 0 saturated carbocycles. The predicted octanol–water partition coefficient (Wildman–Crippen LogP) is 3.28. The number of carbonyl (C=O) groups is 1. The number of aromatic carboxylic acids is 1. The van der Waals surface area contributed by atoms with Crippen molar-refractivity contribution in [2.24, 2.45) is 0 Å². The van der Waals surface area contributed by atoms with Crippen molar-refractivity contribution in [2.75, 3.05) is 5.32 Å². The number of hydrogen-bond acceptors (Lipinski definition) is 5. The van der Waals surface area contributed by atoms with E-state index >= 15 is 0 Å². The molecule has 1 aromatic carbocycles. The third-order valence-electron chi connectivity index (χ3n) is 2.86. The van der Waals surface area contributed by atoms with Crippen molar-refractivity contribution in [3.8, 4) is 0 Å². The van der Waals surface area contributed by atoms with E-state index in [4.69, 9.17) is 5.11 Å². The van der Waals surface area contributed by atoms with Crippen LogP contribution in [0.2, 0.25) is 0 Å². The van der Waals surface area contributed by atoms with Gasteiger partial charge < -0.3 is 10.4 Å². The van der Waals surface area contributed by atoms with Crippen LogP contribution in [0.15, 0.2) is 29.6 Å². The summed E-state index contributed by atoms with van der Waals surface area (Å²) < 4.78 is 0. The highest BCUT2D eigenvalue weighted by atomic mass is 32.1. The number of nitro benzene ring substituents is 1. The number of carboxylic acids is 1. The Bertz CT molecular complexity index is 666. The van der Waals surface area contributed by atoms with Crippen molar-refractivity contribution >= 4 is 28.7 Å². The van der Waals surface area contributed by atoms with Crippen LogP contribution in [0, 0.1) is 17.0 Å². The van der Waals surface area contributed by atoms with E-state index in [1.807, 2.05) is 0 Å². The lowest BCUT2D eigenvalue weighted by Crippen LogP contribution is -2.02. The Kier molecular flexibility index (Phi) is 3.99. The number of rotatable bonds is 5. The van der Waals surface area contributed by atoms with Gasteiger partial charge in [-0.1, -0.05) is 6.07 Å². The molecule has 0 aliphatic heterocycles. The minimum atomic E-state index is -0.959. The van der Waals surface area contributed by atoms with E-state index in [-0.39, 0.29) is 11.3 Å². The Hall–Kier alpha value is -2.41. The monoisotopic (exact) mass is 292 g/mol. The van der Waals surface area contributed by atoms with Crippen LogP contribution in [-0.4, -0.2) is 16.0 Å². The van der Waals surface area contributed by atoms with E-state index in [2.05, 4.69) is 5.32 Å². The molecule has 0 saturated heterocycles. The van der Waals surface area contributed by atoms with Crippen molar-refractivity contribution in [1.29, 1.82) is 0 Å². The number of benzene rings is 1. The Morgan fingerprint density at radius 3 is 2.85 bits per heavy atom. The van der Waals surface area contributed by atoms with Gasteiger partial charge in [-0.2, -0.15) is 0 Å². The fourth-order valence-corrected chi connectivity index (χ4v) is 2.58. The Morgan fingerprint density at radius 1 is 1.50 bits per heavy atom. The number of thiophene rings is 1. The van der Waals surface area contributed by atoms with E-state index in [1.54, 1.807) is 30.5 Å². The number of anilines is 1. The van der Waals surface area contributed by atoms with Gasteiger partial charge in [0.25, 0.3) is 5.69 Å². The molecule has 0 amide bonds. The highest BCUT2D eigenvalue weighted by Gasteiger charge is 2.13. The van der Waals surface area contributed by atoms with E-state index < -0.39 is 10.9 Å². The number of hydrogen-bond donors (Lipinski definition) is 2. The zero-order valence-electron chi connectivity index (χ0n) is 10.6.